The number of aromatic nitrogens is 2. The van der Waals surface area contributed by atoms with Crippen LogP contribution in [0.15, 0.2) is 0 Å². The Hall–Kier alpha value is -1.36. The molecule has 2 amide bonds. The Morgan fingerprint density at radius 3 is 2.25 bits per heavy atom. The molecule has 2 heterocycles. The van der Waals surface area contributed by atoms with E-state index in [0.717, 1.165) is 24.1 Å². The van der Waals surface area contributed by atoms with Gasteiger partial charge in [-0.15, -0.1) is 0 Å². The highest BCUT2D eigenvalue weighted by Gasteiger charge is 2.51. The third-order valence-electron chi connectivity index (χ3n) is 4.55. The molecule has 5 nitrogen and oxygen atoms in total. The van der Waals surface area contributed by atoms with Crippen molar-refractivity contribution in [1.82, 2.24) is 14.7 Å². The van der Waals surface area contributed by atoms with Gasteiger partial charge in [0.1, 0.15) is 5.15 Å². The molecule has 2 atom stereocenters. The molecule has 6 heteroatoms. The number of hydrogen-bond acceptors (Lipinski definition) is 3. The van der Waals surface area contributed by atoms with Gasteiger partial charge in [0.25, 0.3) is 0 Å². The van der Waals surface area contributed by atoms with Crippen LogP contribution in [0, 0.1) is 24.7 Å². The molecule has 1 saturated carbocycles. The molecular formula is C14H18ClN3O2. The lowest BCUT2D eigenvalue weighted by Gasteiger charge is -2.16. The molecular weight excluding hydrogens is 278 g/mol. The van der Waals surface area contributed by atoms with Gasteiger partial charge in [-0.1, -0.05) is 18.5 Å². The Bertz CT molecular complexity index is 571. The summed E-state index contributed by atoms with van der Waals surface area (Å²) in [6, 6.07) is 0. The largest absolute Gasteiger partial charge is 0.277 e. The minimum absolute atomic E-state index is 0.0383. The van der Waals surface area contributed by atoms with Crippen LogP contribution < -0.4 is 0 Å². The van der Waals surface area contributed by atoms with Crippen molar-refractivity contribution in [2.45, 2.75) is 33.2 Å². The highest BCUT2D eigenvalue weighted by molar-refractivity contribution is 6.30. The second kappa shape index (κ2) is 4.58. The van der Waals surface area contributed by atoms with Crippen LogP contribution in [-0.2, 0) is 23.2 Å². The number of hydrogen-bond donors (Lipinski definition) is 0. The van der Waals surface area contributed by atoms with Crippen molar-refractivity contribution >= 4 is 23.4 Å². The molecule has 2 unspecified atom stereocenters. The van der Waals surface area contributed by atoms with E-state index in [1.807, 2.05) is 6.92 Å². The van der Waals surface area contributed by atoms with E-state index in [9.17, 15) is 9.59 Å². The van der Waals surface area contributed by atoms with E-state index in [4.69, 9.17) is 11.6 Å². The van der Waals surface area contributed by atoms with Crippen molar-refractivity contribution in [3.8, 4) is 0 Å². The first kappa shape index (κ1) is 13.6. The van der Waals surface area contributed by atoms with Gasteiger partial charge in [0, 0.05) is 12.6 Å². The molecule has 0 radical (unpaired) electrons. The summed E-state index contributed by atoms with van der Waals surface area (Å²) in [6.45, 7) is 4.19. The third kappa shape index (κ3) is 1.87. The lowest BCUT2D eigenvalue weighted by atomic mass is 10.00. The van der Waals surface area contributed by atoms with Crippen LogP contribution in [-0.4, -0.2) is 26.5 Å². The van der Waals surface area contributed by atoms with Crippen molar-refractivity contribution in [1.29, 1.82) is 0 Å². The van der Waals surface area contributed by atoms with Gasteiger partial charge in [0.15, 0.2) is 0 Å². The molecule has 1 aromatic heterocycles. The monoisotopic (exact) mass is 295 g/mol. The number of imide groups is 1. The van der Waals surface area contributed by atoms with E-state index in [-0.39, 0.29) is 30.2 Å². The molecule has 0 aromatic carbocycles. The van der Waals surface area contributed by atoms with Crippen molar-refractivity contribution in [3.63, 3.8) is 0 Å². The van der Waals surface area contributed by atoms with Crippen molar-refractivity contribution < 1.29 is 9.59 Å². The normalized spacial score (nSPS) is 29.4. The van der Waals surface area contributed by atoms with Gasteiger partial charge < -0.3 is 0 Å². The first-order valence-corrected chi connectivity index (χ1v) is 7.31. The Balaban J connectivity index is 1.86. The second-order valence-corrected chi connectivity index (χ2v) is 6.39. The summed E-state index contributed by atoms with van der Waals surface area (Å²) in [5.41, 5.74) is 1.53. The number of rotatable bonds is 2. The number of amides is 2. The summed E-state index contributed by atoms with van der Waals surface area (Å²) in [6.07, 6.45) is 1.65. The molecule has 1 aromatic rings. The predicted octanol–water partition coefficient (Wildman–Crippen LogP) is 1.91. The first-order valence-electron chi connectivity index (χ1n) is 6.93. The minimum atomic E-state index is -0.117. The lowest BCUT2D eigenvalue weighted by molar-refractivity contribution is -0.141. The predicted molar refractivity (Wildman–Crippen MR) is 73.9 cm³/mol. The Morgan fingerprint density at radius 1 is 1.25 bits per heavy atom. The highest BCUT2D eigenvalue weighted by atomic mass is 35.5. The van der Waals surface area contributed by atoms with Gasteiger partial charge in [-0.25, -0.2) is 0 Å². The summed E-state index contributed by atoms with van der Waals surface area (Å²) >= 11 is 6.18. The van der Waals surface area contributed by atoms with Crippen LogP contribution in [0.3, 0.4) is 0 Å². The quantitative estimate of drug-likeness (QED) is 0.783. The first-order chi connectivity index (χ1) is 9.40. The van der Waals surface area contributed by atoms with Gasteiger partial charge >= 0.3 is 0 Å². The average Bonchev–Trinajstić information content (AvgIpc) is 2.94. The van der Waals surface area contributed by atoms with Crippen molar-refractivity contribution in [2.24, 2.45) is 24.8 Å². The maximum Gasteiger partial charge on any atom is 0.233 e. The SMILES string of the molecule is Cc1nn(C)c(Cl)c1CN1C(=O)C2CC(C)CC2C1=O. The molecule has 3 rings (SSSR count). The van der Waals surface area contributed by atoms with Gasteiger partial charge in [0.2, 0.25) is 11.8 Å². The zero-order valence-electron chi connectivity index (χ0n) is 11.9. The number of fused-ring (bicyclic) bond motifs is 1. The van der Waals surface area contributed by atoms with Gasteiger partial charge in [0.05, 0.1) is 24.1 Å². The fourth-order valence-corrected chi connectivity index (χ4v) is 3.75. The molecule has 2 fully saturated rings. The minimum Gasteiger partial charge on any atom is -0.277 e. The van der Waals surface area contributed by atoms with Crippen LogP contribution in [0.4, 0.5) is 0 Å². The van der Waals surface area contributed by atoms with E-state index in [2.05, 4.69) is 12.0 Å². The highest BCUT2D eigenvalue weighted by Crippen LogP contribution is 2.43. The van der Waals surface area contributed by atoms with E-state index < -0.39 is 0 Å². The number of halogens is 1. The molecule has 1 aliphatic carbocycles. The van der Waals surface area contributed by atoms with Crippen LogP contribution in [0.2, 0.25) is 5.15 Å². The fraction of sp³-hybridized carbons (Fsp3) is 0.643. The molecule has 108 valence electrons. The molecule has 20 heavy (non-hydrogen) atoms. The van der Waals surface area contributed by atoms with Gasteiger partial charge in [-0.3, -0.25) is 19.2 Å². The molecule has 1 aliphatic heterocycles. The van der Waals surface area contributed by atoms with Crippen LogP contribution in [0.5, 0.6) is 0 Å². The summed E-state index contributed by atoms with van der Waals surface area (Å²) in [5.74, 6) is 0.151. The zero-order chi connectivity index (χ0) is 14.6. The average molecular weight is 296 g/mol. The number of carbonyl (C=O) groups is 2. The number of nitrogens with zero attached hydrogens (tertiary/aromatic N) is 3. The van der Waals surface area contributed by atoms with Gasteiger partial charge in [-0.2, -0.15) is 5.10 Å². The maximum atomic E-state index is 12.4. The summed E-state index contributed by atoms with van der Waals surface area (Å²) < 4.78 is 1.57. The smallest absolute Gasteiger partial charge is 0.233 e. The summed E-state index contributed by atoms with van der Waals surface area (Å²) in [4.78, 5) is 26.2. The molecule has 0 bridgehead atoms. The molecule has 0 N–H and O–H groups in total. The molecule has 0 spiro atoms. The van der Waals surface area contributed by atoms with E-state index >= 15 is 0 Å². The number of likely N-dealkylation sites (tertiary alicyclic amines) is 1. The summed E-state index contributed by atoms with van der Waals surface area (Å²) in [5, 5.41) is 4.72. The lowest BCUT2D eigenvalue weighted by Crippen LogP contribution is -2.31. The zero-order valence-corrected chi connectivity index (χ0v) is 12.6. The van der Waals surface area contributed by atoms with Crippen molar-refractivity contribution in [3.05, 3.63) is 16.4 Å². The van der Waals surface area contributed by atoms with Crippen molar-refractivity contribution in [2.75, 3.05) is 0 Å². The van der Waals surface area contributed by atoms with E-state index in [1.165, 1.54) is 4.90 Å². The third-order valence-corrected chi connectivity index (χ3v) is 5.02. The Kier molecular flexibility index (Phi) is 3.12. The maximum absolute atomic E-state index is 12.4. The van der Waals surface area contributed by atoms with Crippen LogP contribution >= 0.6 is 11.6 Å². The van der Waals surface area contributed by atoms with E-state index in [0.29, 0.717) is 11.1 Å². The Morgan fingerprint density at radius 2 is 1.80 bits per heavy atom. The van der Waals surface area contributed by atoms with E-state index in [1.54, 1.807) is 11.7 Å². The topological polar surface area (TPSA) is 55.2 Å². The van der Waals surface area contributed by atoms with Crippen LogP contribution in [0.25, 0.3) is 0 Å². The fourth-order valence-electron chi connectivity index (χ4n) is 3.51. The Labute approximate surface area is 122 Å². The molecule has 2 aliphatic rings. The number of carbonyl (C=O) groups excluding carboxylic acids is 2. The summed E-state index contributed by atoms with van der Waals surface area (Å²) in [7, 11) is 1.75. The number of aryl methyl sites for hydroxylation is 2. The molecule has 1 saturated heterocycles. The van der Waals surface area contributed by atoms with Gasteiger partial charge in [-0.05, 0) is 25.7 Å². The standard InChI is InChI=1S/C14H18ClN3O2/c1-7-4-9-10(5-7)14(20)18(13(9)19)6-11-8(2)16-17(3)12(11)15/h7,9-10H,4-6H2,1-3H3. The second-order valence-electron chi connectivity index (χ2n) is 6.03. The van der Waals surface area contributed by atoms with Crippen LogP contribution in [0.1, 0.15) is 31.0 Å².